The van der Waals surface area contributed by atoms with Gasteiger partial charge < -0.3 is 26.4 Å². The van der Waals surface area contributed by atoms with Crippen LogP contribution in [0.1, 0.15) is 37.1 Å². The smallest absolute Gasteiger partial charge is 0.327 e. The van der Waals surface area contributed by atoms with Crippen molar-refractivity contribution in [2.75, 3.05) is 0 Å². The first-order chi connectivity index (χ1) is 16.1. The number of nitrogens with zero attached hydrogens (tertiary/aromatic N) is 1. The quantitative estimate of drug-likeness (QED) is 0.434. The van der Waals surface area contributed by atoms with Gasteiger partial charge >= 0.3 is 5.97 Å². The highest BCUT2D eigenvalue weighted by Gasteiger charge is 2.64. The first-order valence-corrected chi connectivity index (χ1v) is 11.7. The number of carbonyl (C=O) groups excluding carboxylic acids is 3. The zero-order valence-electron chi connectivity index (χ0n) is 18.7. The largest absolute Gasteiger partial charge is 0.480 e. The fourth-order valence-electron chi connectivity index (χ4n) is 4.37. The summed E-state index contributed by atoms with van der Waals surface area (Å²) in [5, 5.41) is 14.5. The number of aliphatic carboxylic acids is 1. The van der Waals surface area contributed by atoms with E-state index in [9.17, 15) is 24.3 Å². The van der Waals surface area contributed by atoms with Crippen LogP contribution < -0.4 is 16.4 Å². The first-order valence-electron chi connectivity index (χ1n) is 10.8. The maximum absolute atomic E-state index is 13.3. The predicted octanol–water partition coefficient (Wildman–Crippen LogP) is 1.18. The Labute approximate surface area is 201 Å². The third-order valence-electron chi connectivity index (χ3n) is 6.10. The van der Waals surface area contributed by atoms with Crippen LogP contribution in [0, 0.1) is 0 Å². The van der Waals surface area contributed by atoms with E-state index in [0.29, 0.717) is 11.1 Å². The summed E-state index contributed by atoms with van der Waals surface area (Å²) in [7, 11) is 0. The van der Waals surface area contributed by atoms with Crippen LogP contribution in [-0.4, -0.2) is 55.9 Å². The fourth-order valence-corrected chi connectivity index (χ4v) is 6.00. The number of hydrogen-bond acceptors (Lipinski definition) is 6. The molecule has 2 aromatic carbocycles. The Morgan fingerprint density at radius 2 is 1.56 bits per heavy atom. The lowest BCUT2D eigenvalue weighted by Gasteiger charge is -2.44. The number of benzene rings is 2. The van der Waals surface area contributed by atoms with Gasteiger partial charge in [-0.1, -0.05) is 60.7 Å². The number of thioether (sulfide) groups is 1. The molecular weight excluding hydrogens is 456 g/mol. The molecule has 2 aromatic rings. The van der Waals surface area contributed by atoms with Gasteiger partial charge in [0.25, 0.3) is 0 Å². The van der Waals surface area contributed by atoms with Crippen molar-refractivity contribution < 1.29 is 24.3 Å². The standard InChI is InChI=1S/C24H26N4O5S/c1-24(2)18(23(32)33)28-21(31)17(22(28)34-24)27-20(30)16(14-11-7-4-8-12-14)26-19(29)15(25)13-9-5-3-6-10-13/h3-12,15-18,22H,25H2,1-2H3,(H,26,29)(H,27,30)(H,32,33)/t15-,16+,17+,18-,22+/m0/s1. The highest BCUT2D eigenvalue weighted by Crippen LogP contribution is 2.50. The number of carbonyl (C=O) groups is 4. The van der Waals surface area contributed by atoms with Gasteiger partial charge in [-0.2, -0.15) is 0 Å². The normalized spacial score (nSPS) is 24.4. The Morgan fingerprint density at radius 3 is 2.12 bits per heavy atom. The molecule has 5 N–H and O–H groups in total. The molecule has 2 aliphatic rings. The van der Waals surface area contributed by atoms with E-state index in [-0.39, 0.29) is 0 Å². The molecule has 2 aliphatic heterocycles. The minimum absolute atomic E-state index is 0.456. The van der Waals surface area contributed by atoms with Crippen molar-refractivity contribution in [3.8, 4) is 0 Å². The van der Waals surface area contributed by atoms with Gasteiger partial charge in [0.2, 0.25) is 17.7 Å². The van der Waals surface area contributed by atoms with E-state index >= 15 is 0 Å². The molecule has 0 aliphatic carbocycles. The van der Waals surface area contributed by atoms with Crippen molar-refractivity contribution in [3.63, 3.8) is 0 Å². The molecule has 0 radical (unpaired) electrons. The van der Waals surface area contributed by atoms with Crippen molar-refractivity contribution in [1.29, 1.82) is 0 Å². The van der Waals surface area contributed by atoms with E-state index in [1.807, 2.05) is 6.07 Å². The lowest BCUT2D eigenvalue weighted by atomic mass is 9.95. The number of fused-ring (bicyclic) bond motifs is 1. The van der Waals surface area contributed by atoms with Crippen molar-refractivity contribution >= 4 is 35.5 Å². The monoisotopic (exact) mass is 482 g/mol. The van der Waals surface area contributed by atoms with Crippen LogP contribution in [-0.2, 0) is 19.2 Å². The minimum atomic E-state index is -1.08. The third-order valence-corrected chi connectivity index (χ3v) is 7.67. The number of amides is 3. The molecule has 0 bridgehead atoms. The predicted molar refractivity (Wildman–Crippen MR) is 126 cm³/mol. The summed E-state index contributed by atoms with van der Waals surface area (Å²) in [4.78, 5) is 52.0. The molecule has 2 saturated heterocycles. The van der Waals surface area contributed by atoms with Crippen molar-refractivity contribution in [2.45, 2.75) is 48.1 Å². The number of nitrogens with two attached hydrogens (primary N) is 1. The molecule has 0 saturated carbocycles. The maximum Gasteiger partial charge on any atom is 0.327 e. The fraction of sp³-hybridized carbons (Fsp3) is 0.333. The number of carboxylic acid groups (broad SMARTS) is 1. The van der Waals surface area contributed by atoms with Crippen LogP contribution in [0.25, 0.3) is 0 Å². The van der Waals surface area contributed by atoms with Crippen molar-refractivity contribution in [2.24, 2.45) is 5.73 Å². The highest BCUT2D eigenvalue weighted by atomic mass is 32.2. The summed E-state index contributed by atoms with van der Waals surface area (Å²) >= 11 is 1.33. The summed E-state index contributed by atoms with van der Waals surface area (Å²) in [5.41, 5.74) is 7.23. The van der Waals surface area contributed by atoms with E-state index in [0.717, 1.165) is 0 Å². The molecule has 0 spiro atoms. The van der Waals surface area contributed by atoms with Gasteiger partial charge in [0, 0.05) is 4.75 Å². The van der Waals surface area contributed by atoms with E-state index in [1.54, 1.807) is 68.4 Å². The van der Waals surface area contributed by atoms with Crippen LogP contribution in [0.2, 0.25) is 0 Å². The summed E-state index contributed by atoms with van der Waals surface area (Å²) in [6.07, 6.45) is 0. The second-order valence-corrected chi connectivity index (χ2v) is 10.6. The van der Waals surface area contributed by atoms with Gasteiger partial charge in [0.05, 0.1) is 0 Å². The number of β-lactam (4-membered cyclic amide) rings is 1. The van der Waals surface area contributed by atoms with Gasteiger partial charge in [-0.25, -0.2) is 4.79 Å². The topological polar surface area (TPSA) is 142 Å². The maximum atomic E-state index is 13.3. The van der Waals surface area contributed by atoms with Crippen LogP contribution in [0.15, 0.2) is 60.7 Å². The Balaban J connectivity index is 1.52. The lowest BCUT2D eigenvalue weighted by Crippen LogP contribution is -2.71. The Bertz CT molecular complexity index is 1110. The van der Waals surface area contributed by atoms with Crippen molar-refractivity contribution in [3.05, 3.63) is 71.8 Å². The molecule has 2 fully saturated rings. The second-order valence-electron chi connectivity index (χ2n) is 8.83. The van der Waals surface area contributed by atoms with Crippen molar-refractivity contribution in [1.82, 2.24) is 15.5 Å². The average Bonchev–Trinajstić information content (AvgIpc) is 3.09. The molecule has 2 heterocycles. The van der Waals surface area contributed by atoms with Crippen LogP contribution >= 0.6 is 11.8 Å². The molecule has 34 heavy (non-hydrogen) atoms. The lowest BCUT2D eigenvalue weighted by molar-refractivity contribution is -0.161. The number of hydrogen-bond donors (Lipinski definition) is 4. The second kappa shape index (κ2) is 9.11. The molecule has 10 heteroatoms. The molecule has 4 rings (SSSR count). The molecule has 0 aromatic heterocycles. The van der Waals surface area contributed by atoms with Gasteiger partial charge in [-0.3, -0.25) is 14.4 Å². The van der Waals surface area contributed by atoms with Gasteiger partial charge in [0.1, 0.15) is 29.5 Å². The number of rotatable bonds is 7. The van der Waals surface area contributed by atoms with E-state index in [2.05, 4.69) is 10.6 Å². The third kappa shape index (κ3) is 4.26. The minimum Gasteiger partial charge on any atom is -0.480 e. The zero-order chi connectivity index (χ0) is 24.6. The van der Waals surface area contributed by atoms with Crippen LogP contribution in [0.3, 0.4) is 0 Å². The molecule has 3 amide bonds. The van der Waals surface area contributed by atoms with Gasteiger partial charge in [0.15, 0.2) is 0 Å². The highest BCUT2D eigenvalue weighted by molar-refractivity contribution is 8.01. The Kier molecular flexibility index (Phi) is 6.37. The molecule has 0 unspecified atom stereocenters. The Morgan fingerprint density at radius 1 is 1.00 bits per heavy atom. The summed E-state index contributed by atoms with van der Waals surface area (Å²) in [6.45, 7) is 3.53. The summed E-state index contributed by atoms with van der Waals surface area (Å²) < 4.78 is -0.707. The summed E-state index contributed by atoms with van der Waals surface area (Å²) in [6, 6.07) is 13.5. The van der Waals surface area contributed by atoms with E-state index < -0.39 is 58.0 Å². The molecule has 178 valence electrons. The van der Waals surface area contributed by atoms with E-state index in [4.69, 9.17) is 5.73 Å². The van der Waals surface area contributed by atoms with Crippen LogP contribution in [0.5, 0.6) is 0 Å². The van der Waals surface area contributed by atoms with Gasteiger partial charge in [-0.15, -0.1) is 11.8 Å². The van der Waals surface area contributed by atoms with Crippen LogP contribution in [0.4, 0.5) is 0 Å². The summed E-state index contributed by atoms with van der Waals surface area (Å²) in [5.74, 6) is -2.65. The first kappa shape index (κ1) is 23.8. The zero-order valence-corrected chi connectivity index (χ0v) is 19.5. The molecular formula is C24H26N4O5S. The SMILES string of the molecule is CC1(C)S[C@@H]2[C@H](NC(=O)[C@H](NC(=O)[C@@H](N)c3ccccc3)c3ccccc3)C(=O)N2[C@H]1C(=O)O. The Hall–Kier alpha value is -3.37. The number of carboxylic acids is 1. The number of nitrogens with one attached hydrogen (secondary N) is 2. The molecule has 9 nitrogen and oxygen atoms in total. The van der Waals surface area contributed by atoms with E-state index in [1.165, 1.54) is 16.7 Å². The molecule has 5 atom stereocenters. The average molecular weight is 483 g/mol. The van der Waals surface area contributed by atoms with Gasteiger partial charge in [-0.05, 0) is 25.0 Å².